The van der Waals surface area contributed by atoms with Crippen LogP contribution in [0.25, 0.3) is 10.9 Å². The summed E-state index contributed by atoms with van der Waals surface area (Å²) in [6.07, 6.45) is 4.18. The number of fused-ring (bicyclic) bond motifs is 1. The van der Waals surface area contributed by atoms with Gasteiger partial charge in [-0.1, -0.05) is 24.3 Å². The number of pyridine rings is 1. The number of benzene rings is 2. The molecule has 12 nitrogen and oxygen atoms in total. The number of hydrogen-bond donors (Lipinski definition) is 5. The van der Waals surface area contributed by atoms with Gasteiger partial charge in [0.1, 0.15) is 11.9 Å². The van der Waals surface area contributed by atoms with Crippen LogP contribution in [-0.2, 0) is 21.5 Å². The number of carbonyl (C=O) groups is 2. The topological polar surface area (TPSA) is 167 Å². The van der Waals surface area contributed by atoms with Crippen LogP contribution in [-0.4, -0.2) is 59.3 Å². The number of rotatable bonds is 13. The fourth-order valence-electron chi connectivity index (χ4n) is 3.67. The summed E-state index contributed by atoms with van der Waals surface area (Å²) in [7, 11) is -4.19. The third kappa shape index (κ3) is 7.27. The maximum Gasteiger partial charge on any atom is 0.323 e. The molecule has 0 fully saturated rings. The van der Waals surface area contributed by atoms with Crippen LogP contribution in [0, 0.1) is 0 Å². The van der Waals surface area contributed by atoms with E-state index >= 15 is 0 Å². The van der Waals surface area contributed by atoms with Crippen molar-refractivity contribution < 1.29 is 23.1 Å². The first-order valence-electron chi connectivity index (χ1n) is 11.8. The van der Waals surface area contributed by atoms with Crippen molar-refractivity contribution in [1.82, 2.24) is 24.8 Å². The average Bonchev–Trinajstić information content (AvgIpc) is 3.31. The minimum Gasteiger partial charge on any atom is -0.480 e. The summed E-state index contributed by atoms with van der Waals surface area (Å²) >= 11 is 0. The predicted octanol–water partition coefficient (Wildman–Crippen LogP) is 2.06. The van der Waals surface area contributed by atoms with Crippen molar-refractivity contribution in [3.05, 3.63) is 84.7 Å². The molecule has 198 valence electrons. The average molecular weight is 538 g/mol. The van der Waals surface area contributed by atoms with Crippen LogP contribution in [0.3, 0.4) is 0 Å². The lowest BCUT2D eigenvalue weighted by molar-refractivity contribution is -0.138. The third-order valence-electron chi connectivity index (χ3n) is 5.51. The summed E-state index contributed by atoms with van der Waals surface area (Å²) in [5.74, 6) is -1.17. The molecule has 0 radical (unpaired) electrons. The molecule has 0 saturated carbocycles. The summed E-state index contributed by atoms with van der Waals surface area (Å²) in [5, 5.41) is 20.3. The van der Waals surface area contributed by atoms with E-state index in [1.807, 2.05) is 27.6 Å². The Kier molecular flexibility index (Phi) is 8.51. The van der Waals surface area contributed by atoms with Crippen molar-refractivity contribution in [3.8, 4) is 0 Å². The zero-order valence-corrected chi connectivity index (χ0v) is 21.1. The quantitative estimate of drug-likeness (QED) is 0.162. The minimum absolute atomic E-state index is 0.270. The Morgan fingerprint density at radius 2 is 1.82 bits per heavy atom. The molecule has 0 unspecified atom stereocenters. The molecule has 0 saturated heterocycles. The van der Waals surface area contributed by atoms with Gasteiger partial charge in [0.15, 0.2) is 0 Å². The monoisotopic (exact) mass is 537 g/mol. The standard InChI is InChI=1S/C25H27N7O5S/c33-24(28-17-21(25(34)35)31-38(36,37)30-20-7-2-1-3-8-20)18-10-11-22-19(15-18)16-29-32(22)14-6-13-27-23-9-4-5-12-26-23/h1-5,7-12,15-16,21,30-31H,6,13-14,17H2,(H,26,27)(H,28,33)(H,34,35)/t21-/m0/s1. The Bertz CT molecular complexity index is 1490. The highest BCUT2D eigenvalue weighted by atomic mass is 32.2. The largest absolute Gasteiger partial charge is 0.480 e. The Morgan fingerprint density at radius 3 is 2.55 bits per heavy atom. The highest BCUT2D eigenvalue weighted by Crippen LogP contribution is 2.16. The smallest absolute Gasteiger partial charge is 0.323 e. The number of carbonyl (C=O) groups excluding carboxylic acids is 1. The Morgan fingerprint density at radius 1 is 1.03 bits per heavy atom. The second-order valence-electron chi connectivity index (χ2n) is 8.33. The van der Waals surface area contributed by atoms with E-state index < -0.39 is 34.7 Å². The van der Waals surface area contributed by atoms with Crippen LogP contribution in [0.1, 0.15) is 16.8 Å². The summed E-state index contributed by atoms with van der Waals surface area (Å²) in [6, 6.07) is 17.1. The first-order chi connectivity index (χ1) is 18.3. The van der Waals surface area contributed by atoms with Crippen LogP contribution in [0.2, 0.25) is 0 Å². The van der Waals surface area contributed by atoms with Gasteiger partial charge in [-0.15, -0.1) is 0 Å². The summed E-state index contributed by atoms with van der Waals surface area (Å²) in [5.41, 5.74) is 1.41. The Balaban J connectivity index is 1.31. The second kappa shape index (κ2) is 12.2. The first-order valence-corrected chi connectivity index (χ1v) is 13.3. The molecule has 0 aliphatic carbocycles. The molecule has 5 N–H and O–H groups in total. The molecular weight excluding hydrogens is 510 g/mol. The van der Waals surface area contributed by atoms with Crippen molar-refractivity contribution in [2.75, 3.05) is 23.1 Å². The molecular formula is C25H27N7O5S. The lowest BCUT2D eigenvalue weighted by Gasteiger charge is -2.16. The van der Waals surface area contributed by atoms with E-state index in [1.165, 1.54) is 12.1 Å². The number of anilines is 2. The summed E-state index contributed by atoms with van der Waals surface area (Å²) < 4.78 is 30.8. The van der Waals surface area contributed by atoms with Crippen molar-refractivity contribution in [2.24, 2.45) is 0 Å². The number of carboxylic acids is 1. The number of aliphatic carboxylic acids is 1. The van der Waals surface area contributed by atoms with E-state index in [4.69, 9.17) is 0 Å². The van der Waals surface area contributed by atoms with Crippen LogP contribution < -0.4 is 20.1 Å². The minimum atomic E-state index is -4.19. The second-order valence-corrected chi connectivity index (χ2v) is 9.77. The molecule has 0 bridgehead atoms. The number of aromatic nitrogens is 3. The van der Waals surface area contributed by atoms with E-state index in [9.17, 15) is 23.1 Å². The van der Waals surface area contributed by atoms with Crippen molar-refractivity contribution in [2.45, 2.75) is 19.0 Å². The lowest BCUT2D eigenvalue weighted by Crippen LogP contribution is -2.49. The third-order valence-corrected chi connectivity index (χ3v) is 6.61. The number of nitrogens with one attached hydrogen (secondary N) is 4. The summed E-state index contributed by atoms with van der Waals surface area (Å²) in [4.78, 5) is 28.5. The van der Waals surface area contributed by atoms with Crippen LogP contribution in [0.15, 0.2) is 79.1 Å². The molecule has 0 spiro atoms. The highest BCUT2D eigenvalue weighted by Gasteiger charge is 2.25. The van der Waals surface area contributed by atoms with Gasteiger partial charge in [0, 0.05) is 42.5 Å². The van der Waals surface area contributed by atoms with E-state index in [1.54, 1.807) is 48.8 Å². The zero-order chi connectivity index (χ0) is 27.0. The van der Waals surface area contributed by atoms with Crippen LogP contribution >= 0.6 is 0 Å². The molecule has 4 rings (SSSR count). The number of amides is 1. The fourth-order valence-corrected chi connectivity index (χ4v) is 4.74. The van der Waals surface area contributed by atoms with Crippen LogP contribution in [0.4, 0.5) is 11.5 Å². The number of aryl methyl sites for hydroxylation is 1. The zero-order valence-electron chi connectivity index (χ0n) is 20.2. The molecule has 1 atom stereocenters. The molecule has 4 aromatic rings. The van der Waals surface area contributed by atoms with Gasteiger partial charge in [-0.25, -0.2) is 4.98 Å². The van der Waals surface area contributed by atoms with E-state index in [0.717, 1.165) is 23.1 Å². The molecule has 38 heavy (non-hydrogen) atoms. The van der Waals surface area contributed by atoms with Gasteiger partial charge in [0.05, 0.1) is 11.7 Å². The Hall–Kier alpha value is -4.49. The van der Waals surface area contributed by atoms with Gasteiger partial charge in [0.25, 0.3) is 16.1 Å². The molecule has 1 amide bonds. The number of hydrogen-bond acceptors (Lipinski definition) is 7. The number of carboxylic acid groups (broad SMARTS) is 1. The first kappa shape index (κ1) is 26.6. The number of para-hydroxylation sites is 1. The van der Waals surface area contributed by atoms with Crippen molar-refractivity contribution >= 4 is 44.5 Å². The number of nitrogens with zero attached hydrogens (tertiary/aromatic N) is 3. The Labute approximate surface area is 219 Å². The van der Waals surface area contributed by atoms with Gasteiger partial charge in [-0.05, 0) is 48.9 Å². The molecule has 0 aliphatic rings. The lowest BCUT2D eigenvalue weighted by atomic mass is 10.1. The van der Waals surface area contributed by atoms with Gasteiger partial charge < -0.3 is 15.7 Å². The normalized spacial score (nSPS) is 12.1. The van der Waals surface area contributed by atoms with E-state index in [0.29, 0.717) is 18.7 Å². The molecule has 13 heteroatoms. The maximum absolute atomic E-state index is 12.7. The van der Waals surface area contributed by atoms with Gasteiger partial charge >= 0.3 is 5.97 Å². The van der Waals surface area contributed by atoms with Crippen molar-refractivity contribution in [1.29, 1.82) is 0 Å². The highest BCUT2D eigenvalue weighted by molar-refractivity contribution is 7.90. The summed E-state index contributed by atoms with van der Waals surface area (Å²) in [6.45, 7) is 0.922. The SMILES string of the molecule is O=C(NC[C@H](NS(=O)(=O)Nc1ccccc1)C(=O)O)c1ccc2c(cnn2CCCNc2ccccn2)c1. The van der Waals surface area contributed by atoms with Gasteiger partial charge in [-0.2, -0.15) is 18.2 Å². The van der Waals surface area contributed by atoms with Crippen molar-refractivity contribution in [3.63, 3.8) is 0 Å². The molecule has 2 heterocycles. The predicted molar refractivity (Wildman–Crippen MR) is 143 cm³/mol. The fraction of sp³-hybridized carbons (Fsp3) is 0.200. The molecule has 0 aliphatic heterocycles. The van der Waals surface area contributed by atoms with Crippen LogP contribution in [0.5, 0.6) is 0 Å². The van der Waals surface area contributed by atoms with E-state index in [-0.39, 0.29) is 5.69 Å². The molecule has 2 aromatic carbocycles. The maximum atomic E-state index is 12.7. The van der Waals surface area contributed by atoms with Gasteiger partial charge in [-0.3, -0.25) is 19.0 Å². The molecule has 2 aromatic heterocycles. The van der Waals surface area contributed by atoms with Gasteiger partial charge in [0.2, 0.25) is 0 Å². The van der Waals surface area contributed by atoms with E-state index in [2.05, 4.69) is 25.4 Å².